The number of carbonyl (C=O) groups is 1. The van der Waals surface area contributed by atoms with Gasteiger partial charge in [-0.2, -0.15) is 0 Å². The van der Waals surface area contributed by atoms with Crippen LogP contribution < -0.4 is 10.9 Å². The molecule has 2 heterocycles. The lowest BCUT2D eigenvalue weighted by Crippen LogP contribution is -2.16. The lowest BCUT2D eigenvalue weighted by atomic mass is 9.94. The van der Waals surface area contributed by atoms with E-state index < -0.39 is 5.82 Å². The Hall–Kier alpha value is -2.29. The maximum absolute atomic E-state index is 12.9. The largest absolute Gasteiger partial charge is 0.369 e. The van der Waals surface area contributed by atoms with Gasteiger partial charge in [-0.3, -0.25) is 9.93 Å². The molecule has 0 saturated heterocycles. The van der Waals surface area contributed by atoms with Gasteiger partial charge in [0.05, 0.1) is 23.0 Å². The Bertz CT molecular complexity index is 1020. The molecule has 1 aliphatic rings. The molecule has 1 aliphatic carbocycles. The number of nitrogens with two attached hydrogens (primary N) is 2. The summed E-state index contributed by atoms with van der Waals surface area (Å²) in [5.41, 5.74) is 10.8. The average molecular weight is 445 g/mol. The van der Waals surface area contributed by atoms with Crippen LogP contribution in [0.2, 0.25) is 0 Å². The van der Waals surface area contributed by atoms with Crippen molar-refractivity contribution in [2.45, 2.75) is 49.7 Å². The van der Waals surface area contributed by atoms with Crippen molar-refractivity contribution in [1.29, 1.82) is 0 Å². The van der Waals surface area contributed by atoms with Crippen molar-refractivity contribution in [3.8, 4) is 11.4 Å². The third-order valence-electron chi connectivity index (χ3n) is 4.99. The first-order valence-electron chi connectivity index (χ1n) is 9.74. The van der Waals surface area contributed by atoms with Gasteiger partial charge in [0.1, 0.15) is 0 Å². The summed E-state index contributed by atoms with van der Waals surface area (Å²) in [6.07, 6.45) is 5.46. The number of nitrogens with zero attached hydrogens (tertiary/aromatic N) is 2. The number of hydrogen-bond acceptors (Lipinski definition) is 6. The van der Waals surface area contributed by atoms with Crippen molar-refractivity contribution in [3.63, 3.8) is 0 Å². The Morgan fingerprint density at radius 2 is 2.00 bits per heavy atom. The number of fused-ring (bicyclic) bond motifs is 1. The second kappa shape index (κ2) is 10.1. The van der Waals surface area contributed by atoms with E-state index in [9.17, 15) is 9.18 Å². The van der Waals surface area contributed by atoms with Crippen LogP contribution in [-0.4, -0.2) is 15.9 Å². The Morgan fingerprint density at radius 1 is 1.27 bits per heavy atom. The molecule has 30 heavy (non-hydrogen) atoms. The number of aromatic nitrogens is 2. The van der Waals surface area contributed by atoms with Crippen LogP contribution in [0, 0.1) is 5.82 Å². The van der Waals surface area contributed by atoms with Crippen molar-refractivity contribution in [3.05, 3.63) is 64.0 Å². The molecule has 0 spiro atoms. The van der Waals surface area contributed by atoms with Crippen molar-refractivity contribution < 1.29 is 9.18 Å². The van der Waals surface area contributed by atoms with Crippen LogP contribution in [0.4, 0.5) is 4.39 Å². The number of halogens is 1. The van der Waals surface area contributed by atoms with Gasteiger partial charge in [0.15, 0.2) is 11.6 Å². The van der Waals surface area contributed by atoms with Gasteiger partial charge in [0.2, 0.25) is 5.91 Å². The third kappa shape index (κ3) is 5.44. The molecule has 4 N–H and O–H groups in total. The molecule has 2 aromatic heterocycles. The Morgan fingerprint density at radius 3 is 2.57 bits per heavy atom. The van der Waals surface area contributed by atoms with E-state index in [1.165, 1.54) is 32.8 Å². The molecule has 3 aromatic rings. The van der Waals surface area contributed by atoms with Crippen LogP contribution in [0.5, 0.6) is 0 Å². The fraction of sp³-hybridized carbons (Fsp3) is 0.318. The number of amides is 1. The van der Waals surface area contributed by atoms with Gasteiger partial charge in [0.25, 0.3) is 0 Å². The molecule has 0 saturated carbocycles. The Kier molecular flexibility index (Phi) is 7.58. The molecule has 0 fully saturated rings. The highest BCUT2D eigenvalue weighted by molar-refractivity contribution is 7.99. The van der Waals surface area contributed by atoms with Crippen LogP contribution in [0.25, 0.3) is 11.4 Å². The summed E-state index contributed by atoms with van der Waals surface area (Å²) in [6, 6.07) is 6.09. The number of aryl methyl sites for hydroxylation is 1. The minimum atomic E-state index is -0.480. The number of thiophene rings is 1. The molecule has 0 aliphatic heterocycles. The Labute approximate surface area is 184 Å². The van der Waals surface area contributed by atoms with E-state index in [2.05, 4.69) is 35.3 Å². The van der Waals surface area contributed by atoms with Crippen LogP contribution in [-0.2, 0) is 24.1 Å². The van der Waals surface area contributed by atoms with Gasteiger partial charge in [-0.25, -0.2) is 14.4 Å². The summed E-state index contributed by atoms with van der Waals surface area (Å²) in [6.45, 7) is 4.38. The van der Waals surface area contributed by atoms with E-state index in [1.54, 1.807) is 11.3 Å². The summed E-state index contributed by atoms with van der Waals surface area (Å²) in [7, 11) is 0. The quantitative estimate of drug-likeness (QED) is 0.559. The zero-order chi connectivity index (χ0) is 21.7. The SMILES string of the molecule is CC(C)c1csc(SN)c1.NC(=O)Cc1c(-c2ncc(F)cn2)ccc2c1CCC2. The maximum Gasteiger partial charge on any atom is 0.221 e. The summed E-state index contributed by atoms with van der Waals surface area (Å²) in [5, 5.41) is 7.56. The van der Waals surface area contributed by atoms with E-state index in [4.69, 9.17) is 10.9 Å². The molecular weight excluding hydrogens is 419 g/mol. The van der Waals surface area contributed by atoms with Crippen molar-refractivity contribution in [1.82, 2.24) is 9.97 Å². The highest BCUT2D eigenvalue weighted by atomic mass is 32.2. The van der Waals surface area contributed by atoms with Crippen molar-refractivity contribution in [2.75, 3.05) is 0 Å². The van der Waals surface area contributed by atoms with E-state index in [0.29, 0.717) is 11.7 Å². The lowest BCUT2D eigenvalue weighted by molar-refractivity contribution is -0.117. The molecular formula is C22H25FN4OS2. The zero-order valence-electron chi connectivity index (χ0n) is 17.0. The summed E-state index contributed by atoms with van der Waals surface area (Å²) < 4.78 is 14.1. The molecule has 0 atom stereocenters. The molecule has 0 radical (unpaired) electrons. The second-order valence-corrected chi connectivity index (χ2v) is 9.27. The predicted molar refractivity (Wildman–Crippen MR) is 121 cm³/mol. The maximum atomic E-state index is 12.9. The monoisotopic (exact) mass is 444 g/mol. The molecule has 4 rings (SSSR count). The number of hydrogen-bond donors (Lipinski definition) is 2. The minimum Gasteiger partial charge on any atom is -0.369 e. The van der Waals surface area contributed by atoms with Crippen LogP contribution in [0.1, 0.15) is 48.4 Å². The van der Waals surface area contributed by atoms with Gasteiger partial charge in [-0.15, -0.1) is 11.3 Å². The van der Waals surface area contributed by atoms with Crippen molar-refractivity contribution in [2.24, 2.45) is 10.9 Å². The van der Waals surface area contributed by atoms with Gasteiger partial charge in [0, 0.05) is 5.56 Å². The van der Waals surface area contributed by atoms with E-state index in [-0.39, 0.29) is 12.3 Å². The normalized spacial score (nSPS) is 12.4. The fourth-order valence-electron chi connectivity index (χ4n) is 3.47. The molecule has 1 aromatic carbocycles. The topological polar surface area (TPSA) is 94.9 Å². The average Bonchev–Trinajstić information content (AvgIpc) is 3.39. The Balaban J connectivity index is 0.000000216. The molecule has 1 amide bonds. The second-order valence-electron chi connectivity index (χ2n) is 7.42. The van der Waals surface area contributed by atoms with Crippen LogP contribution >= 0.6 is 23.3 Å². The number of carbonyl (C=O) groups excluding carboxylic acids is 1. The molecule has 0 unspecified atom stereocenters. The highest BCUT2D eigenvalue weighted by Crippen LogP contribution is 2.32. The molecule has 158 valence electrons. The number of rotatable bonds is 5. The predicted octanol–water partition coefficient (Wildman–Crippen LogP) is 4.64. The van der Waals surface area contributed by atoms with Gasteiger partial charge >= 0.3 is 0 Å². The first kappa shape index (κ1) is 22.4. The highest BCUT2D eigenvalue weighted by Gasteiger charge is 2.20. The molecule has 8 heteroatoms. The number of benzene rings is 1. The lowest BCUT2D eigenvalue weighted by Gasteiger charge is -2.12. The van der Waals surface area contributed by atoms with E-state index >= 15 is 0 Å². The fourth-order valence-corrected chi connectivity index (χ4v) is 4.84. The first-order valence-corrected chi connectivity index (χ1v) is 11.5. The van der Waals surface area contributed by atoms with Crippen molar-refractivity contribution >= 4 is 29.2 Å². The third-order valence-corrected chi connectivity index (χ3v) is 6.66. The summed E-state index contributed by atoms with van der Waals surface area (Å²) in [5.74, 6) is 0.189. The van der Waals surface area contributed by atoms with E-state index in [1.807, 2.05) is 12.1 Å². The van der Waals surface area contributed by atoms with Gasteiger partial charge in [-0.05, 0) is 70.8 Å². The molecule has 5 nitrogen and oxygen atoms in total. The van der Waals surface area contributed by atoms with E-state index in [0.717, 1.165) is 42.8 Å². The first-order chi connectivity index (χ1) is 14.4. The minimum absolute atomic E-state index is 0.166. The van der Waals surface area contributed by atoms with Crippen LogP contribution in [0.3, 0.4) is 0 Å². The summed E-state index contributed by atoms with van der Waals surface area (Å²) >= 11 is 3.04. The summed E-state index contributed by atoms with van der Waals surface area (Å²) in [4.78, 5) is 19.3. The van der Waals surface area contributed by atoms with Gasteiger partial charge < -0.3 is 5.73 Å². The molecule has 0 bridgehead atoms. The van der Waals surface area contributed by atoms with Gasteiger partial charge in [-0.1, -0.05) is 26.0 Å². The van der Waals surface area contributed by atoms with Crippen LogP contribution in [0.15, 0.2) is 40.2 Å². The standard InChI is InChI=1S/C15H14FN3O.C7H11NS2/c16-10-7-18-15(19-8-10)12-5-4-9-2-1-3-11(9)13(12)6-14(17)20;1-5(2)6-3-7(10-8)9-4-6/h4-5,7-8H,1-3,6H2,(H2,17,20);3-5H,8H2,1-2H3. The number of primary amides is 1. The smallest absolute Gasteiger partial charge is 0.221 e. The zero-order valence-corrected chi connectivity index (χ0v) is 18.7.